The van der Waals surface area contributed by atoms with Gasteiger partial charge in [0, 0.05) is 139 Å². The number of rotatable bonds is 63. The molecule has 118 heavy (non-hydrogen) atoms. The van der Waals surface area contributed by atoms with Gasteiger partial charge in [-0.25, -0.2) is 28.8 Å². The van der Waals surface area contributed by atoms with Crippen molar-refractivity contribution in [3.8, 4) is 0 Å². The molecule has 1 aliphatic heterocycles. The maximum absolute atomic E-state index is 12.7. The third-order valence-electron chi connectivity index (χ3n) is 16.8. The van der Waals surface area contributed by atoms with Crippen LogP contribution in [0.25, 0.3) is 0 Å². The molecule has 0 aromatic carbocycles. The Morgan fingerprint density at radius 2 is 0.712 bits per heavy atom. The van der Waals surface area contributed by atoms with Crippen LogP contribution >= 0.6 is 0 Å². The van der Waals surface area contributed by atoms with Crippen LogP contribution in [-0.2, 0) is 149 Å². The number of esters is 11. The zero-order chi connectivity index (χ0) is 90.2. The predicted molar refractivity (Wildman–Crippen MR) is 439 cm³/mol. The van der Waals surface area contributed by atoms with Gasteiger partial charge in [0.25, 0.3) is 0 Å². The molecule has 38 heteroatoms. The van der Waals surface area contributed by atoms with Gasteiger partial charge in [0.1, 0.15) is 64.1 Å². The molecule has 0 aromatic heterocycles. The molecule has 1 aliphatic rings. The van der Waals surface area contributed by atoms with Gasteiger partial charge in [0.15, 0.2) is 11.8 Å². The van der Waals surface area contributed by atoms with Crippen LogP contribution in [0, 0.1) is 0 Å². The second kappa shape index (κ2) is 62.4. The minimum atomic E-state index is -3.19. The van der Waals surface area contributed by atoms with Crippen LogP contribution < -0.4 is 5.32 Å². The average Bonchev–Trinajstić information content (AvgIpc) is 0.736. The predicted octanol–water partition coefficient (Wildman–Crippen LogP) is 8.35. The maximum atomic E-state index is 12.7. The van der Waals surface area contributed by atoms with Crippen LogP contribution in [0.15, 0.2) is 72.9 Å². The summed E-state index contributed by atoms with van der Waals surface area (Å²) >= 11 is 0. The van der Waals surface area contributed by atoms with Crippen LogP contribution in [0.5, 0.6) is 0 Å². The SMILES string of the molecule is C=C(C)C(=O)OC(C)COC(=O)CCN(CCC[Si](OC)(OC)OC)CCC(=O)OCC(C)OC(=O)C(=C)C.C=C(C)C(=O)OC(C)COC(=O)CC[N+]1(CCC(=O)OCC(C)OC(=O)C(=C)C)CCC1[Si](OCC)(OCC)OCC.C=C(C)C(=O)OCC(COC(=O)C(=C)C)OC(=O)CCCC(=O)NCCC[Si](OCC)(OCC)OCC. The van der Waals surface area contributed by atoms with E-state index in [2.05, 4.69) is 44.8 Å². The molecule has 0 aromatic rings. The lowest BCUT2D eigenvalue weighted by atomic mass is 10.1. The first-order chi connectivity index (χ1) is 55.5. The third kappa shape index (κ3) is 48.5. The van der Waals surface area contributed by atoms with Crippen LogP contribution in [0.1, 0.15) is 175 Å². The highest BCUT2D eigenvalue weighted by Gasteiger charge is 2.65. The Bertz CT molecular complexity index is 3020. The Hall–Kier alpha value is -7.71. The Morgan fingerprint density at radius 1 is 0.381 bits per heavy atom. The Morgan fingerprint density at radius 3 is 1.02 bits per heavy atom. The number of amides is 1. The van der Waals surface area contributed by atoms with Crippen LogP contribution in [0.4, 0.5) is 0 Å². The summed E-state index contributed by atoms with van der Waals surface area (Å²) in [6.07, 6.45) is -0.879. The number of hydrogen-bond donors (Lipinski definition) is 1. The molecule has 5 atom stereocenters. The fraction of sp³-hybridized carbons (Fsp3) is 0.700. The van der Waals surface area contributed by atoms with Gasteiger partial charge >= 0.3 is 92.1 Å². The van der Waals surface area contributed by atoms with Crippen molar-refractivity contribution in [3.05, 3.63) is 72.9 Å². The normalized spacial score (nSPS) is 14.7. The van der Waals surface area contributed by atoms with E-state index < -0.39 is 123 Å². The van der Waals surface area contributed by atoms with E-state index in [9.17, 15) is 57.5 Å². The summed E-state index contributed by atoms with van der Waals surface area (Å²) in [5.74, 6) is -6.19. The van der Waals surface area contributed by atoms with Crippen molar-refractivity contribution in [1.29, 1.82) is 0 Å². The molecule has 0 radical (unpaired) electrons. The number of quaternary nitrogens is 1. The van der Waals surface area contributed by atoms with Crippen molar-refractivity contribution < 1.29 is 154 Å². The maximum Gasteiger partial charge on any atom is 0.562 e. The van der Waals surface area contributed by atoms with E-state index in [0.717, 1.165) is 6.42 Å². The van der Waals surface area contributed by atoms with Crippen molar-refractivity contribution in [2.75, 3.05) is 146 Å². The Labute approximate surface area is 701 Å². The van der Waals surface area contributed by atoms with E-state index in [1.165, 1.54) is 49.0 Å². The highest BCUT2D eigenvalue weighted by molar-refractivity contribution is 6.62. The molecule has 1 heterocycles. The lowest BCUT2D eigenvalue weighted by Gasteiger charge is -2.56. The van der Waals surface area contributed by atoms with Crippen molar-refractivity contribution in [2.24, 2.45) is 0 Å². The van der Waals surface area contributed by atoms with E-state index in [4.69, 9.17) is 91.9 Å². The number of nitrogens with zero attached hydrogens (tertiary/aromatic N) is 2. The van der Waals surface area contributed by atoms with Crippen molar-refractivity contribution in [2.45, 2.75) is 223 Å². The highest BCUT2D eigenvalue weighted by atomic mass is 28.4. The van der Waals surface area contributed by atoms with Gasteiger partial charge in [-0.1, -0.05) is 39.5 Å². The lowest BCUT2D eigenvalue weighted by molar-refractivity contribution is -0.979. The topological polar surface area (TPSA) is 405 Å². The molecule has 35 nitrogen and oxygen atoms in total. The van der Waals surface area contributed by atoms with Crippen molar-refractivity contribution in [1.82, 2.24) is 10.2 Å². The van der Waals surface area contributed by atoms with Gasteiger partial charge in [-0.3, -0.25) is 28.8 Å². The zero-order valence-corrected chi connectivity index (χ0v) is 76.6. The van der Waals surface area contributed by atoms with Crippen LogP contribution in [-0.4, -0.2) is 290 Å². The van der Waals surface area contributed by atoms with E-state index in [-0.39, 0.29) is 130 Å². The summed E-state index contributed by atoms with van der Waals surface area (Å²) < 4.78 is 110. The first-order valence-corrected chi connectivity index (χ1v) is 45.5. The minimum absolute atomic E-state index is 0.0399. The van der Waals surface area contributed by atoms with Crippen LogP contribution in [0.3, 0.4) is 0 Å². The molecule has 5 unspecified atom stereocenters. The molecule has 0 bridgehead atoms. The van der Waals surface area contributed by atoms with Crippen molar-refractivity contribution in [3.63, 3.8) is 0 Å². The summed E-state index contributed by atoms with van der Waals surface area (Å²) in [6.45, 7) is 52.7. The molecule has 1 N–H and O–H groups in total. The molecule has 676 valence electrons. The average molecular weight is 1740 g/mol. The number of carbonyl (C=O) groups is 12. The quantitative estimate of drug-likeness (QED) is 0.0149. The summed E-state index contributed by atoms with van der Waals surface area (Å²) in [5.41, 5.74) is 1.21. The molecule has 1 amide bonds. The van der Waals surface area contributed by atoms with Gasteiger partial charge in [-0.2, -0.15) is 0 Å². The number of hydrogen-bond acceptors (Lipinski definition) is 33. The van der Waals surface area contributed by atoms with Gasteiger partial charge in [-0.15, -0.1) is 0 Å². The molecule has 1 rings (SSSR count). The number of carbonyl (C=O) groups excluding carboxylic acids is 12. The van der Waals surface area contributed by atoms with Gasteiger partial charge < -0.3 is 107 Å². The van der Waals surface area contributed by atoms with Gasteiger partial charge in [0.05, 0.1) is 51.7 Å². The largest absolute Gasteiger partial charge is 0.562 e. The molecular formula is C80H138N3O32Si3+. The van der Waals surface area contributed by atoms with E-state index in [0.29, 0.717) is 115 Å². The lowest BCUT2D eigenvalue weighted by Crippen LogP contribution is -2.78. The summed E-state index contributed by atoms with van der Waals surface area (Å²) in [7, 11) is -4.11. The molecule has 0 aliphatic carbocycles. The van der Waals surface area contributed by atoms with Crippen LogP contribution in [0.2, 0.25) is 12.1 Å². The molecule has 0 spiro atoms. The third-order valence-corrected chi connectivity index (χ3v) is 26.5. The van der Waals surface area contributed by atoms with Gasteiger partial charge in [0.2, 0.25) is 5.91 Å². The number of nitrogens with one attached hydrogen (secondary N) is 1. The van der Waals surface area contributed by atoms with Gasteiger partial charge in [-0.05, 0) is 137 Å². The number of ether oxygens (including phenoxy) is 11. The molecule has 1 saturated heterocycles. The van der Waals surface area contributed by atoms with E-state index in [1.807, 2.05) is 46.4 Å². The van der Waals surface area contributed by atoms with E-state index in [1.54, 1.807) is 41.5 Å². The Balaban J connectivity index is 0. The monoisotopic (exact) mass is 1740 g/mol. The summed E-state index contributed by atoms with van der Waals surface area (Å²) in [5, 5.41) is 2.82. The second-order valence-electron chi connectivity index (χ2n) is 27.7. The second-order valence-corrected chi connectivity index (χ2v) is 36.3. The first-order valence-electron chi connectivity index (χ1n) is 39.8. The summed E-state index contributed by atoms with van der Waals surface area (Å²) in [6, 6.07) is 1.13. The molecule has 0 saturated carbocycles. The summed E-state index contributed by atoms with van der Waals surface area (Å²) in [4.78, 5) is 146. The molecular weight excluding hydrogens is 1600 g/mol. The first kappa shape index (κ1) is 112. The highest BCUT2D eigenvalue weighted by Crippen LogP contribution is 2.38. The fourth-order valence-electron chi connectivity index (χ4n) is 10.7. The van der Waals surface area contributed by atoms with Crippen molar-refractivity contribution >= 4 is 98.0 Å². The standard InChI is InChI=1S/C29H50NO11Si.C26H45NO11Si.C25H43NO10Si/c1-10-37-42(38-11-2,39-12-3)25-13-16-30(25,17-14-26(31)35-19-23(8)40-28(33)21(4)5)18-15-27(32)36-20-24(9)41-29(34)22(6)7;1-19(2)25(30)37-21(5)17-35-23(28)11-14-27(13-10-16-39(32-7,33-8)34-9)15-12-24(29)36-18-22(6)38-26(31)20(3)4;1-8-33-37(34-9-2,35-10-3)16-12-15-26-22(27)13-11-14-23(28)36-21(17-31-24(29)19(4)5)18-32-25(30)20(6)7/h23-25H,4,6,10-20H2,1-3,5,7-9H3;21-22H,1,3,10-18H2,2,4-9H3;21H,4,6,8-18H2,1-3,5,7H3,(H,26,27)/q+1;;. The Kier molecular flexibility index (Phi) is 59.4. The zero-order valence-electron chi connectivity index (χ0n) is 73.6. The molecule has 1 fully saturated rings. The number of likely N-dealkylation sites (tertiary alicyclic amines) is 1. The minimum Gasteiger partial charge on any atom is -0.462 e. The smallest absolute Gasteiger partial charge is 0.462 e. The van der Waals surface area contributed by atoms with E-state index >= 15 is 0 Å². The fourth-order valence-corrected chi connectivity index (χ4v) is 18.6.